The van der Waals surface area contributed by atoms with Crippen molar-refractivity contribution >= 4 is 27.8 Å². The van der Waals surface area contributed by atoms with Crippen LogP contribution in [0.15, 0.2) is 48.7 Å². The number of H-pyrrole nitrogens is 1. The minimum Gasteiger partial charge on any atom is -0.481 e. The predicted molar refractivity (Wildman–Crippen MR) is 137 cm³/mol. The van der Waals surface area contributed by atoms with Crippen molar-refractivity contribution in [3.63, 3.8) is 0 Å². The Morgan fingerprint density at radius 2 is 2.11 bits per heavy atom. The molecule has 1 atom stereocenters. The number of carboxylic acids is 1. The third kappa shape index (κ3) is 3.82. The maximum Gasteiger partial charge on any atom is 0.354 e. The molecular weight excluding hydrogens is 475 g/mol. The second-order valence-corrected chi connectivity index (χ2v) is 9.33. The summed E-state index contributed by atoms with van der Waals surface area (Å²) in [4.78, 5) is 15.9. The first-order valence-electron chi connectivity index (χ1n) is 12.1. The van der Waals surface area contributed by atoms with Gasteiger partial charge in [0.15, 0.2) is 5.69 Å². The molecule has 1 unspecified atom stereocenters. The van der Waals surface area contributed by atoms with Crippen LogP contribution in [0.25, 0.3) is 38.6 Å². The van der Waals surface area contributed by atoms with E-state index >= 15 is 0 Å². The van der Waals surface area contributed by atoms with E-state index in [-0.39, 0.29) is 23.3 Å². The first-order chi connectivity index (χ1) is 18.0. The molecule has 0 saturated carbocycles. The minimum absolute atomic E-state index is 0.0434. The van der Waals surface area contributed by atoms with Crippen LogP contribution in [0.5, 0.6) is 5.88 Å². The minimum atomic E-state index is -1.13. The predicted octanol–water partition coefficient (Wildman–Crippen LogP) is 5.62. The number of hydrogen-bond acceptors (Lipinski definition) is 5. The van der Waals surface area contributed by atoms with Crippen molar-refractivity contribution in [2.45, 2.75) is 25.7 Å². The van der Waals surface area contributed by atoms with E-state index in [0.29, 0.717) is 24.3 Å². The van der Waals surface area contributed by atoms with Gasteiger partial charge in [-0.3, -0.25) is 5.10 Å². The van der Waals surface area contributed by atoms with Gasteiger partial charge in [-0.15, -0.1) is 0 Å². The van der Waals surface area contributed by atoms with Gasteiger partial charge >= 0.3 is 5.97 Å². The third-order valence-electron chi connectivity index (χ3n) is 7.05. The quantitative estimate of drug-likeness (QED) is 0.325. The zero-order valence-corrected chi connectivity index (χ0v) is 20.4. The highest BCUT2D eigenvalue weighted by atomic mass is 19.1. The van der Waals surface area contributed by atoms with E-state index in [4.69, 9.17) is 9.47 Å². The number of nitrogens with one attached hydrogen (secondary N) is 1. The third-order valence-corrected chi connectivity index (χ3v) is 7.05. The molecular formula is C28H25FN4O4. The van der Waals surface area contributed by atoms with E-state index in [1.54, 1.807) is 25.3 Å². The van der Waals surface area contributed by atoms with Gasteiger partial charge in [0.2, 0.25) is 5.88 Å². The Labute approximate surface area is 211 Å². The number of fused-ring (bicyclic) bond motifs is 2. The highest BCUT2D eigenvalue weighted by Crippen LogP contribution is 2.46. The Morgan fingerprint density at radius 1 is 1.24 bits per heavy atom. The molecule has 1 aliphatic rings. The fraction of sp³-hybridized carbons (Fsp3) is 0.250. The van der Waals surface area contributed by atoms with E-state index in [0.717, 1.165) is 51.6 Å². The molecule has 3 aromatic heterocycles. The molecule has 0 bridgehead atoms. The Bertz CT molecular complexity index is 1670. The van der Waals surface area contributed by atoms with Gasteiger partial charge in [-0.1, -0.05) is 0 Å². The number of carbonyl (C=O) groups is 1. The molecule has 1 saturated heterocycles. The van der Waals surface area contributed by atoms with Crippen molar-refractivity contribution in [1.82, 2.24) is 19.7 Å². The SMILES string of the molecule is COc1nc(C(=O)O)ccc1-c1c(C2CCCOC2)n(-c2ccc(F)c(C)c2)c2cc3cn[nH]c3cc12. The lowest BCUT2D eigenvalue weighted by molar-refractivity contribution is 0.0689. The molecule has 0 aliphatic carbocycles. The molecule has 6 rings (SSSR count). The molecule has 1 fully saturated rings. The van der Waals surface area contributed by atoms with E-state index in [1.807, 2.05) is 12.1 Å². The lowest BCUT2D eigenvalue weighted by Crippen LogP contribution is -2.19. The number of aryl methyl sites for hydroxylation is 1. The van der Waals surface area contributed by atoms with E-state index in [2.05, 4.69) is 25.8 Å². The van der Waals surface area contributed by atoms with Crippen LogP contribution in [-0.4, -0.2) is 51.1 Å². The van der Waals surface area contributed by atoms with E-state index < -0.39 is 5.97 Å². The van der Waals surface area contributed by atoms with Gasteiger partial charge in [-0.25, -0.2) is 14.2 Å². The van der Waals surface area contributed by atoms with Crippen molar-refractivity contribution in [3.05, 3.63) is 71.4 Å². The number of benzene rings is 2. The Balaban J connectivity index is 1.76. The summed E-state index contributed by atoms with van der Waals surface area (Å²) in [7, 11) is 1.48. The summed E-state index contributed by atoms with van der Waals surface area (Å²) in [6.07, 6.45) is 3.59. The average Bonchev–Trinajstić information content (AvgIpc) is 3.50. The summed E-state index contributed by atoms with van der Waals surface area (Å²) in [6, 6.07) is 12.4. The highest BCUT2D eigenvalue weighted by molar-refractivity contribution is 6.06. The summed E-state index contributed by atoms with van der Waals surface area (Å²) in [5.41, 5.74) is 5.59. The van der Waals surface area contributed by atoms with Gasteiger partial charge in [-0.2, -0.15) is 5.10 Å². The fourth-order valence-electron chi connectivity index (χ4n) is 5.32. The summed E-state index contributed by atoms with van der Waals surface area (Å²) >= 11 is 0. The number of pyridine rings is 1. The smallest absolute Gasteiger partial charge is 0.354 e. The molecule has 37 heavy (non-hydrogen) atoms. The molecule has 8 nitrogen and oxygen atoms in total. The fourth-order valence-corrected chi connectivity index (χ4v) is 5.32. The van der Waals surface area contributed by atoms with E-state index in [1.165, 1.54) is 19.2 Å². The number of aromatic nitrogens is 4. The zero-order valence-electron chi connectivity index (χ0n) is 20.4. The molecule has 2 N–H and O–H groups in total. The molecule has 0 amide bonds. The monoisotopic (exact) mass is 500 g/mol. The van der Waals surface area contributed by atoms with Crippen molar-refractivity contribution < 1.29 is 23.8 Å². The molecule has 9 heteroatoms. The van der Waals surface area contributed by atoms with Crippen LogP contribution in [0.4, 0.5) is 4.39 Å². The summed E-state index contributed by atoms with van der Waals surface area (Å²) in [6.45, 7) is 2.99. The Kier molecular flexibility index (Phi) is 5.64. The number of halogens is 1. The molecule has 4 heterocycles. The standard InChI is InChI=1S/C28H25FN4O4/c1-15-10-18(5-7-21(15)29)33-24-11-17-13-30-32-23(17)12-20(24)25(26(33)16-4-3-9-37-14-16)19-6-8-22(28(34)35)31-27(19)36-2/h5-8,10-13,16H,3-4,9,14H2,1-2H3,(H,30,32)(H,34,35). The largest absolute Gasteiger partial charge is 0.481 e. The van der Waals surface area contributed by atoms with Crippen LogP contribution >= 0.6 is 0 Å². The maximum absolute atomic E-state index is 14.3. The van der Waals surface area contributed by atoms with Gasteiger partial charge in [0, 0.05) is 45.8 Å². The number of rotatable bonds is 5. The topological polar surface area (TPSA) is 102 Å². The molecule has 0 radical (unpaired) electrons. The molecule has 2 aromatic carbocycles. The van der Waals surface area contributed by atoms with Crippen molar-refractivity contribution in [3.8, 4) is 22.7 Å². The number of methoxy groups -OCH3 is 1. The maximum atomic E-state index is 14.3. The zero-order chi connectivity index (χ0) is 25.7. The van der Waals surface area contributed by atoms with Gasteiger partial charge in [0.1, 0.15) is 5.82 Å². The second kappa shape index (κ2) is 9.01. The van der Waals surface area contributed by atoms with Crippen LogP contribution in [0, 0.1) is 12.7 Å². The second-order valence-electron chi connectivity index (χ2n) is 9.33. The number of aromatic amines is 1. The summed E-state index contributed by atoms with van der Waals surface area (Å²) in [5, 5.41) is 18.6. The van der Waals surface area contributed by atoms with Crippen LogP contribution in [0.1, 0.15) is 40.5 Å². The first kappa shape index (κ1) is 23.2. The Morgan fingerprint density at radius 3 is 2.84 bits per heavy atom. The van der Waals surface area contributed by atoms with Crippen LogP contribution in [-0.2, 0) is 4.74 Å². The highest BCUT2D eigenvalue weighted by Gasteiger charge is 2.30. The number of ether oxygens (including phenoxy) is 2. The van der Waals surface area contributed by atoms with Gasteiger partial charge < -0.3 is 19.1 Å². The number of aromatic carboxylic acids is 1. The van der Waals surface area contributed by atoms with Crippen molar-refractivity contribution in [2.75, 3.05) is 20.3 Å². The number of nitrogens with zero attached hydrogens (tertiary/aromatic N) is 3. The molecule has 188 valence electrons. The van der Waals surface area contributed by atoms with Gasteiger partial charge in [0.25, 0.3) is 0 Å². The van der Waals surface area contributed by atoms with Crippen molar-refractivity contribution in [2.24, 2.45) is 0 Å². The number of carboxylic acid groups (broad SMARTS) is 1. The van der Waals surface area contributed by atoms with Crippen LogP contribution in [0.3, 0.4) is 0 Å². The average molecular weight is 501 g/mol. The normalized spacial score (nSPS) is 15.9. The molecule has 0 spiro atoms. The Hall–Kier alpha value is -4.24. The van der Waals surface area contributed by atoms with Crippen molar-refractivity contribution in [1.29, 1.82) is 0 Å². The summed E-state index contributed by atoms with van der Waals surface area (Å²) in [5.74, 6) is -1.14. The lowest BCUT2D eigenvalue weighted by Gasteiger charge is -2.26. The van der Waals surface area contributed by atoms with E-state index in [9.17, 15) is 14.3 Å². The molecule has 1 aliphatic heterocycles. The lowest BCUT2D eigenvalue weighted by atomic mass is 9.91. The van der Waals surface area contributed by atoms with Gasteiger partial charge in [-0.05, 0) is 67.8 Å². The first-order valence-corrected chi connectivity index (χ1v) is 12.1. The molecule has 5 aromatic rings. The van der Waals surface area contributed by atoms with Gasteiger partial charge in [0.05, 0.1) is 30.9 Å². The number of hydrogen-bond donors (Lipinski definition) is 2. The van der Waals surface area contributed by atoms with Crippen LogP contribution in [0.2, 0.25) is 0 Å². The van der Waals surface area contributed by atoms with Crippen LogP contribution < -0.4 is 4.74 Å². The summed E-state index contributed by atoms with van der Waals surface area (Å²) < 4.78 is 28.0.